The molecule has 4 aromatic rings. The fraction of sp³-hybridized carbons (Fsp3) is 0.217. The molecule has 136 valence electrons. The van der Waals surface area contributed by atoms with Crippen molar-refractivity contribution in [2.24, 2.45) is 0 Å². The van der Waals surface area contributed by atoms with Crippen LogP contribution in [0.1, 0.15) is 30.6 Å². The van der Waals surface area contributed by atoms with Crippen LogP contribution in [0.5, 0.6) is 0 Å². The number of aliphatic carboxylic acids is 1. The molecule has 0 saturated carbocycles. The van der Waals surface area contributed by atoms with Crippen molar-refractivity contribution in [3.8, 4) is 11.3 Å². The first-order chi connectivity index (χ1) is 13.0. The lowest BCUT2D eigenvalue weighted by atomic mass is 10.0. The lowest BCUT2D eigenvalue weighted by Crippen LogP contribution is -2.19. The third-order valence-electron chi connectivity index (χ3n) is 5.30. The molecule has 1 unspecified atom stereocenters. The summed E-state index contributed by atoms with van der Waals surface area (Å²) in [6.07, 6.45) is 2.35. The Labute approximate surface area is 158 Å². The standard InChI is InChI=1S/C23H22N2O2/c1-4-19(23(26)27)25-15(3)21(18-13-14(2)9-10-20(18)25)22-17-8-6-5-7-16(17)11-12-24-22/h5-13,19H,4H2,1-3H3,(H,26,27). The average molecular weight is 358 g/mol. The molecule has 0 bridgehead atoms. The van der Waals surface area contributed by atoms with Gasteiger partial charge in [-0.15, -0.1) is 0 Å². The third kappa shape index (κ3) is 2.69. The summed E-state index contributed by atoms with van der Waals surface area (Å²) in [6.45, 7) is 5.97. The summed E-state index contributed by atoms with van der Waals surface area (Å²) >= 11 is 0. The predicted molar refractivity (Wildman–Crippen MR) is 109 cm³/mol. The molecule has 0 aliphatic rings. The number of aromatic nitrogens is 2. The van der Waals surface area contributed by atoms with Crippen LogP contribution < -0.4 is 0 Å². The molecule has 0 spiro atoms. The van der Waals surface area contributed by atoms with E-state index in [9.17, 15) is 9.90 Å². The minimum Gasteiger partial charge on any atom is -0.480 e. The largest absolute Gasteiger partial charge is 0.480 e. The molecule has 0 aliphatic carbocycles. The number of rotatable bonds is 4. The Kier molecular flexibility index (Phi) is 4.19. The molecule has 1 atom stereocenters. The van der Waals surface area contributed by atoms with Gasteiger partial charge in [0.05, 0.1) is 5.69 Å². The molecule has 0 saturated heterocycles. The predicted octanol–water partition coefficient (Wildman–Crippen LogP) is 5.51. The van der Waals surface area contributed by atoms with Crippen LogP contribution in [0.3, 0.4) is 0 Å². The SMILES string of the molecule is CCC(C(=O)O)n1c(C)c(-c2nccc3ccccc23)c2cc(C)ccc21. The van der Waals surface area contributed by atoms with E-state index in [2.05, 4.69) is 25.1 Å². The van der Waals surface area contributed by atoms with E-state index in [1.54, 1.807) is 0 Å². The molecule has 4 nitrogen and oxygen atoms in total. The van der Waals surface area contributed by atoms with Crippen LogP contribution in [-0.4, -0.2) is 20.6 Å². The summed E-state index contributed by atoms with van der Waals surface area (Å²) in [5.41, 5.74) is 4.95. The fourth-order valence-corrected chi connectivity index (χ4v) is 4.04. The van der Waals surface area contributed by atoms with Crippen molar-refractivity contribution >= 4 is 27.6 Å². The molecule has 4 heteroatoms. The number of hydrogen-bond acceptors (Lipinski definition) is 2. The fourth-order valence-electron chi connectivity index (χ4n) is 4.04. The van der Waals surface area contributed by atoms with Gasteiger partial charge in [-0.25, -0.2) is 4.79 Å². The first-order valence-corrected chi connectivity index (χ1v) is 9.21. The van der Waals surface area contributed by atoms with E-state index in [0.717, 1.165) is 44.2 Å². The lowest BCUT2D eigenvalue weighted by Gasteiger charge is -2.16. The van der Waals surface area contributed by atoms with E-state index in [1.165, 1.54) is 0 Å². The normalized spacial score (nSPS) is 12.6. The van der Waals surface area contributed by atoms with Gasteiger partial charge in [0.2, 0.25) is 0 Å². The van der Waals surface area contributed by atoms with Crippen LogP contribution in [0.25, 0.3) is 32.9 Å². The van der Waals surface area contributed by atoms with Crippen molar-refractivity contribution < 1.29 is 9.90 Å². The van der Waals surface area contributed by atoms with Crippen molar-refractivity contribution in [3.05, 3.63) is 66.0 Å². The van der Waals surface area contributed by atoms with Crippen molar-refractivity contribution in [3.63, 3.8) is 0 Å². The van der Waals surface area contributed by atoms with E-state index in [4.69, 9.17) is 4.98 Å². The lowest BCUT2D eigenvalue weighted by molar-refractivity contribution is -0.140. The molecule has 27 heavy (non-hydrogen) atoms. The Morgan fingerprint density at radius 2 is 1.89 bits per heavy atom. The Morgan fingerprint density at radius 1 is 1.11 bits per heavy atom. The van der Waals surface area contributed by atoms with Crippen LogP contribution in [0.4, 0.5) is 0 Å². The van der Waals surface area contributed by atoms with Crippen LogP contribution >= 0.6 is 0 Å². The highest BCUT2D eigenvalue weighted by atomic mass is 16.4. The van der Waals surface area contributed by atoms with Crippen molar-refractivity contribution in [1.82, 2.24) is 9.55 Å². The smallest absolute Gasteiger partial charge is 0.326 e. The monoisotopic (exact) mass is 358 g/mol. The molecule has 0 amide bonds. The van der Waals surface area contributed by atoms with Gasteiger partial charge < -0.3 is 9.67 Å². The zero-order chi connectivity index (χ0) is 19.1. The molecular formula is C23H22N2O2. The molecule has 0 radical (unpaired) electrons. The van der Waals surface area contributed by atoms with Crippen molar-refractivity contribution in [2.45, 2.75) is 33.2 Å². The maximum Gasteiger partial charge on any atom is 0.326 e. The molecule has 4 rings (SSSR count). The Hall–Kier alpha value is -3.14. The summed E-state index contributed by atoms with van der Waals surface area (Å²) in [7, 11) is 0. The summed E-state index contributed by atoms with van der Waals surface area (Å²) in [4.78, 5) is 16.6. The quantitative estimate of drug-likeness (QED) is 0.523. The molecular weight excluding hydrogens is 336 g/mol. The maximum atomic E-state index is 11.9. The number of carbonyl (C=O) groups is 1. The second-order valence-electron chi connectivity index (χ2n) is 6.99. The zero-order valence-electron chi connectivity index (χ0n) is 15.7. The molecule has 2 aromatic carbocycles. The second kappa shape index (κ2) is 6.54. The Balaban J connectivity index is 2.14. The number of fused-ring (bicyclic) bond motifs is 2. The van der Waals surface area contributed by atoms with Gasteiger partial charge in [0.25, 0.3) is 0 Å². The van der Waals surface area contributed by atoms with Crippen LogP contribution in [-0.2, 0) is 4.79 Å². The highest BCUT2D eigenvalue weighted by Crippen LogP contribution is 2.39. The Bertz CT molecular complexity index is 1170. The minimum atomic E-state index is -0.810. The number of carboxylic acids is 1. The van der Waals surface area contributed by atoms with Gasteiger partial charge in [0, 0.05) is 33.7 Å². The topological polar surface area (TPSA) is 55.1 Å². The van der Waals surface area contributed by atoms with Gasteiger partial charge >= 0.3 is 5.97 Å². The Morgan fingerprint density at radius 3 is 2.63 bits per heavy atom. The third-order valence-corrected chi connectivity index (χ3v) is 5.30. The summed E-state index contributed by atoms with van der Waals surface area (Å²) in [6, 6.07) is 15.8. The molecule has 1 N–H and O–H groups in total. The number of benzene rings is 2. The summed E-state index contributed by atoms with van der Waals surface area (Å²) in [5.74, 6) is -0.810. The van der Waals surface area contributed by atoms with E-state index >= 15 is 0 Å². The number of nitrogens with zero attached hydrogens (tertiary/aromatic N) is 2. The van der Waals surface area contributed by atoms with Crippen molar-refractivity contribution in [2.75, 3.05) is 0 Å². The van der Waals surface area contributed by atoms with Crippen LogP contribution in [0, 0.1) is 13.8 Å². The van der Waals surface area contributed by atoms with Gasteiger partial charge in [-0.1, -0.05) is 42.8 Å². The number of hydrogen-bond donors (Lipinski definition) is 1. The summed E-state index contributed by atoms with van der Waals surface area (Å²) in [5, 5.41) is 13.0. The van der Waals surface area contributed by atoms with Gasteiger partial charge in [-0.2, -0.15) is 0 Å². The van der Waals surface area contributed by atoms with E-state index in [1.807, 2.05) is 54.9 Å². The average Bonchev–Trinajstić information content (AvgIpc) is 2.93. The van der Waals surface area contributed by atoms with Crippen LogP contribution in [0.15, 0.2) is 54.7 Å². The highest BCUT2D eigenvalue weighted by Gasteiger charge is 2.26. The number of carboxylic acid groups (broad SMARTS) is 1. The summed E-state index contributed by atoms with van der Waals surface area (Å²) < 4.78 is 1.95. The number of pyridine rings is 1. The molecule has 0 aliphatic heterocycles. The molecule has 0 fully saturated rings. The first kappa shape index (κ1) is 17.3. The van der Waals surface area contributed by atoms with Gasteiger partial charge in [-0.05, 0) is 43.9 Å². The van der Waals surface area contributed by atoms with Gasteiger partial charge in [0.15, 0.2) is 0 Å². The van der Waals surface area contributed by atoms with Crippen LogP contribution in [0.2, 0.25) is 0 Å². The molecule has 2 heterocycles. The maximum absolute atomic E-state index is 11.9. The minimum absolute atomic E-state index is 0.524. The van der Waals surface area contributed by atoms with Gasteiger partial charge in [-0.3, -0.25) is 4.98 Å². The number of aryl methyl sites for hydroxylation is 1. The zero-order valence-corrected chi connectivity index (χ0v) is 15.7. The first-order valence-electron chi connectivity index (χ1n) is 9.21. The van der Waals surface area contributed by atoms with E-state index < -0.39 is 12.0 Å². The second-order valence-corrected chi connectivity index (χ2v) is 6.99. The van der Waals surface area contributed by atoms with E-state index in [0.29, 0.717) is 6.42 Å². The molecule has 2 aromatic heterocycles. The van der Waals surface area contributed by atoms with E-state index in [-0.39, 0.29) is 0 Å². The highest BCUT2D eigenvalue weighted by molar-refractivity contribution is 6.05. The van der Waals surface area contributed by atoms with Crippen molar-refractivity contribution in [1.29, 1.82) is 0 Å². The van der Waals surface area contributed by atoms with Gasteiger partial charge in [0.1, 0.15) is 6.04 Å².